The lowest BCUT2D eigenvalue weighted by Gasteiger charge is -2.17. The maximum atomic E-state index is 15.1. The Morgan fingerprint density at radius 2 is 1.81 bits per heavy atom. The van der Waals surface area contributed by atoms with Crippen molar-refractivity contribution >= 4 is 45.7 Å². The molecule has 0 radical (unpaired) electrons. The molecule has 1 atom stereocenters. The Morgan fingerprint density at radius 1 is 1.02 bits per heavy atom. The number of aromatic nitrogens is 1. The Morgan fingerprint density at radius 3 is 2.50 bits per heavy atom. The molecule has 4 N–H and O–H groups in total. The van der Waals surface area contributed by atoms with E-state index in [1.165, 1.54) is 55.8 Å². The highest BCUT2D eigenvalue weighted by Crippen LogP contribution is 2.34. The molecule has 0 saturated carbocycles. The number of benzene rings is 3. The van der Waals surface area contributed by atoms with Crippen molar-refractivity contribution in [2.24, 2.45) is 0 Å². The molecule has 1 aromatic heterocycles. The number of carbonyl (C=O) groups excluding carboxylic acids is 2. The quantitative estimate of drug-likeness (QED) is 0.192. The molecule has 0 aliphatic carbocycles. The maximum absolute atomic E-state index is 15.1. The van der Waals surface area contributed by atoms with E-state index in [-0.39, 0.29) is 52.2 Å². The summed E-state index contributed by atoms with van der Waals surface area (Å²) < 4.78 is 40.1. The number of pyridine rings is 1. The van der Waals surface area contributed by atoms with E-state index in [0.717, 1.165) is 6.07 Å². The van der Waals surface area contributed by atoms with Gasteiger partial charge in [0.15, 0.2) is 16.7 Å². The smallest absolute Gasteiger partial charge is 0.255 e. The monoisotopic (exact) mass is 594 g/mol. The molecule has 0 unspecified atom stereocenters. The number of hydrogen-bond donors (Lipinski definition) is 4. The number of nitrogens with zero attached hydrogens (tertiary/aromatic N) is 1. The zero-order valence-corrected chi connectivity index (χ0v) is 23.6. The van der Waals surface area contributed by atoms with Crippen LogP contribution in [0.5, 0.6) is 17.2 Å². The number of aliphatic hydroxyl groups excluding tert-OH is 1. The van der Waals surface area contributed by atoms with Crippen LogP contribution in [0.25, 0.3) is 10.9 Å². The molecule has 0 saturated heterocycles. The van der Waals surface area contributed by atoms with E-state index in [1.54, 1.807) is 12.1 Å². The number of rotatable bonds is 10. The number of anilines is 1. The van der Waals surface area contributed by atoms with Gasteiger partial charge in [0.25, 0.3) is 5.91 Å². The molecule has 4 aromatic rings. The van der Waals surface area contributed by atoms with Crippen molar-refractivity contribution in [3.05, 3.63) is 89.6 Å². The van der Waals surface area contributed by atoms with E-state index in [9.17, 15) is 19.1 Å². The number of amides is 2. The van der Waals surface area contributed by atoms with Gasteiger partial charge in [-0.15, -0.1) is 0 Å². The number of thiocarbonyl (C=S) groups is 1. The third kappa shape index (κ3) is 7.33. The molecule has 0 fully saturated rings. The third-order valence-corrected chi connectivity index (χ3v) is 6.49. The summed E-state index contributed by atoms with van der Waals surface area (Å²) in [5, 5.41) is 17.7. The van der Waals surface area contributed by atoms with E-state index in [2.05, 4.69) is 20.9 Å². The van der Waals surface area contributed by atoms with Crippen molar-refractivity contribution in [2.75, 3.05) is 19.0 Å². The number of halogens is 2. The fourth-order valence-electron chi connectivity index (χ4n) is 4.05. The van der Waals surface area contributed by atoms with Gasteiger partial charge in [0.05, 0.1) is 37.3 Å². The van der Waals surface area contributed by atoms with Gasteiger partial charge < -0.3 is 30.5 Å². The lowest BCUT2D eigenvalue weighted by atomic mass is 10.1. The van der Waals surface area contributed by atoms with Crippen LogP contribution in [0, 0.1) is 11.6 Å². The number of hydrogen-bond acceptors (Lipinski definition) is 7. The Kier molecular flexibility index (Phi) is 9.94. The van der Waals surface area contributed by atoms with Crippen molar-refractivity contribution in [3.8, 4) is 17.2 Å². The Labute approximate surface area is 245 Å². The fourth-order valence-corrected chi connectivity index (χ4v) is 4.28. The first-order chi connectivity index (χ1) is 20.2. The molecule has 9 nitrogen and oxygen atoms in total. The summed E-state index contributed by atoms with van der Waals surface area (Å²) in [6.45, 7) is 1.62. The van der Waals surface area contributed by atoms with Gasteiger partial charge in [-0.2, -0.15) is 0 Å². The zero-order chi connectivity index (χ0) is 30.2. The first-order valence-electron chi connectivity index (χ1n) is 12.9. The highest BCUT2D eigenvalue weighted by atomic mass is 32.1. The molecule has 3 aromatic carbocycles. The summed E-state index contributed by atoms with van der Waals surface area (Å²) in [4.78, 5) is 29.5. The number of fused-ring (bicyclic) bond motifs is 1. The molecular formula is C30H28F2N4O5S. The van der Waals surface area contributed by atoms with Crippen LogP contribution >= 0.6 is 12.2 Å². The highest BCUT2D eigenvalue weighted by Gasteiger charge is 2.19. The summed E-state index contributed by atoms with van der Waals surface area (Å²) in [6.07, 6.45) is 1.79. The minimum Gasteiger partial charge on any atom is -0.496 e. The van der Waals surface area contributed by atoms with Gasteiger partial charge in [0.1, 0.15) is 17.3 Å². The zero-order valence-electron chi connectivity index (χ0n) is 22.7. The minimum atomic E-state index is -0.731. The number of ether oxygens (including phenoxy) is 2. The largest absolute Gasteiger partial charge is 0.496 e. The van der Waals surface area contributed by atoms with E-state index < -0.39 is 29.5 Å². The van der Waals surface area contributed by atoms with Gasteiger partial charge in [-0.3, -0.25) is 14.6 Å². The molecule has 12 heteroatoms. The van der Waals surface area contributed by atoms with Gasteiger partial charge in [-0.1, -0.05) is 25.1 Å². The van der Waals surface area contributed by atoms with Crippen LogP contribution in [-0.2, 0) is 11.2 Å². The van der Waals surface area contributed by atoms with Gasteiger partial charge in [-0.25, -0.2) is 8.78 Å². The van der Waals surface area contributed by atoms with E-state index in [0.29, 0.717) is 17.3 Å². The second kappa shape index (κ2) is 13.8. The van der Waals surface area contributed by atoms with Crippen LogP contribution in [0.15, 0.2) is 66.9 Å². The van der Waals surface area contributed by atoms with Gasteiger partial charge >= 0.3 is 0 Å². The van der Waals surface area contributed by atoms with Crippen LogP contribution in [-0.4, -0.2) is 46.8 Å². The van der Waals surface area contributed by atoms with Crippen LogP contribution < -0.4 is 25.4 Å². The second-order valence-electron chi connectivity index (χ2n) is 9.16. The summed E-state index contributed by atoms with van der Waals surface area (Å²) in [6, 6.07) is 14.1. The molecule has 1 heterocycles. The van der Waals surface area contributed by atoms with E-state index in [1.807, 2.05) is 6.92 Å². The van der Waals surface area contributed by atoms with Gasteiger partial charge in [0, 0.05) is 29.4 Å². The topological polar surface area (TPSA) is 122 Å². The summed E-state index contributed by atoms with van der Waals surface area (Å²) >= 11 is 5.14. The third-order valence-electron chi connectivity index (χ3n) is 6.29. The van der Waals surface area contributed by atoms with Crippen molar-refractivity contribution in [1.29, 1.82) is 0 Å². The van der Waals surface area contributed by atoms with E-state index in [4.69, 9.17) is 21.7 Å². The number of aliphatic hydroxyl groups is 1. The molecule has 218 valence electrons. The first kappa shape index (κ1) is 30.3. The molecular weight excluding hydrogens is 566 g/mol. The van der Waals surface area contributed by atoms with Crippen molar-refractivity contribution < 1.29 is 33.0 Å². The molecule has 2 amide bonds. The normalized spacial score (nSPS) is 11.5. The Balaban J connectivity index is 1.49. The second-order valence-corrected chi connectivity index (χ2v) is 9.57. The predicted molar refractivity (Wildman–Crippen MR) is 158 cm³/mol. The molecule has 0 aliphatic rings. The minimum absolute atomic E-state index is 0.0872. The molecule has 4 rings (SSSR count). The summed E-state index contributed by atoms with van der Waals surface area (Å²) in [5.41, 5.74) is 1.11. The van der Waals surface area contributed by atoms with Crippen molar-refractivity contribution in [3.63, 3.8) is 0 Å². The SMILES string of the molecule is CC[C@@H](CO)NC(=O)c1cc2c(Oc3ccc(NC(=S)NC(=O)Cc4ccccc4F)cc3F)ccnc2cc1OC. The van der Waals surface area contributed by atoms with Crippen LogP contribution in [0.4, 0.5) is 14.5 Å². The summed E-state index contributed by atoms with van der Waals surface area (Å²) in [7, 11) is 1.42. The van der Waals surface area contributed by atoms with E-state index >= 15 is 4.39 Å². The average Bonchev–Trinajstić information content (AvgIpc) is 2.97. The average molecular weight is 595 g/mol. The number of carbonyl (C=O) groups is 2. The van der Waals surface area contributed by atoms with Gasteiger partial charge in [0.2, 0.25) is 5.91 Å². The predicted octanol–water partition coefficient (Wildman–Crippen LogP) is 4.87. The van der Waals surface area contributed by atoms with Crippen molar-refractivity contribution in [1.82, 2.24) is 15.6 Å². The highest BCUT2D eigenvalue weighted by molar-refractivity contribution is 7.80. The Bertz CT molecular complexity index is 1630. The molecule has 0 aliphatic heterocycles. The summed E-state index contributed by atoms with van der Waals surface area (Å²) in [5.74, 6) is -1.83. The number of methoxy groups -OCH3 is 1. The molecule has 42 heavy (non-hydrogen) atoms. The standard InChI is InChI=1S/C30H28F2N4O5S/c1-3-18(16-37)34-29(39)21-14-20-24(15-27(21)40-2)33-11-10-25(20)41-26-9-8-19(13-23(26)32)35-30(42)36-28(38)12-17-6-4-5-7-22(17)31/h4-11,13-15,18,37H,3,12,16H2,1-2H3,(H,34,39)(H2,35,36,38,42)/t18-/m0/s1. The van der Waals surface area contributed by atoms with Crippen LogP contribution in [0.2, 0.25) is 0 Å². The number of nitrogens with one attached hydrogen (secondary N) is 3. The first-order valence-corrected chi connectivity index (χ1v) is 13.3. The Hall–Kier alpha value is -4.68. The maximum Gasteiger partial charge on any atom is 0.255 e. The lowest BCUT2D eigenvalue weighted by molar-refractivity contribution is -0.119. The molecule has 0 bridgehead atoms. The fraction of sp³-hybridized carbons (Fsp3) is 0.200. The van der Waals surface area contributed by atoms with Gasteiger partial charge in [-0.05, 0) is 54.5 Å². The van der Waals surface area contributed by atoms with Crippen LogP contribution in [0.1, 0.15) is 29.3 Å². The molecule has 0 spiro atoms. The van der Waals surface area contributed by atoms with Crippen molar-refractivity contribution in [2.45, 2.75) is 25.8 Å². The van der Waals surface area contributed by atoms with Crippen LogP contribution in [0.3, 0.4) is 0 Å². The lowest BCUT2D eigenvalue weighted by Crippen LogP contribution is -2.37.